The number of nitrogens with zero attached hydrogens (tertiary/aromatic N) is 3. The molecule has 0 atom stereocenters. The highest BCUT2D eigenvalue weighted by Gasteiger charge is 2.13. The maximum Gasteiger partial charge on any atom is 0.338 e. The number of para-hydroxylation sites is 1. The minimum Gasteiger partial charge on any atom is -0.507 e. The Kier molecular flexibility index (Phi) is 5.79. The first-order valence-corrected chi connectivity index (χ1v) is 8.49. The minimum absolute atomic E-state index is 0.0410. The Morgan fingerprint density at radius 2 is 1.78 bits per heavy atom. The summed E-state index contributed by atoms with van der Waals surface area (Å²) < 4.78 is 6.86. The second-order valence-electron chi connectivity index (χ2n) is 5.61. The Morgan fingerprint density at radius 1 is 1.11 bits per heavy atom. The molecule has 0 saturated heterocycles. The quantitative estimate of drug-likeness (QED) is 0.313. The zero-order valence-corrected chi connectivity index (χ0v) is 14.8. The van der Waals surface area contributed by atoms with Gasteiger partial charge in [-0.3, -0.25) is 4.57 Å². The standard InChI is InChI=1S/C21H19N3O3/c1-2-27-21(26)17(13-19(25)16-9-5-3-6-10-16)14-20-23-22-15-24(20)18-11-7-4-8-12-18/h3-15,25H,2H2,1H3/b17-14-,19-13-. The van der Waals surface area contributed by atoms with Gasteiger partial charge in [0.1, 0.15) is 12.1 Å². The summed E-state index contributed by atoms with van der Waals surface area (Å²) in [6, 6.07) is 18.5. The van der Waals surface area contributed by atoms with Gasteiger partial charge in [0.2, 0.25) is 0 Å². The van der Waals surface area contributed by atoms with Crippen LogP contribution in [0.25, 0.3) is 17.5 Å². The number of aliphatic hydroxyl groups is 1. The fourth-order valence-corrected chi connectivity index (χ4v) is 2.48. The molecule has 0 spiro atoms. The Hall–Kier alpha value is -3.67. The lowest BCUT2D eigenvalue weighted by Gasteiger charge is -2.07. The van der Waals surface area contributed by atoms with Crippen LogP contribution in [-0.2, 0) is 9.53 Å². The summed E-state index contributed by atoms with van der Waals surface area (Å²) in [6.07, 6.45) is 4.47. The highest BCUT2D eigenvalue weighted by Crippen LogP contribution is 2.18. The van der Waals surface area contributed by atoms with Crippen LogP contribution in [0.3, 0.4) is 0 Å². The highest BCUT2D eigenvalue weighted by molar-refractivity contribution is 5.98. The largest absolute Gasteiger partial charge is 0.507 e. The van der Waals surface area contributed by atoms with Crippen LogP contribution in [0.2, 0.25) is 0 Å². The molecule has 136 valence electrons. The van der Waals surface area contributed by atoms with E-state index in [2.05, 4.69) is 10.2 Å². The van der Waals surface area contributed by atoms with Crippen molar-refractivity contribution >= 4 is 17.8 Å². The summed E-state index contributed by atoms with van der Waals surface area (Å²) in [5, 5.41) is 18.4. The van der Waals surface area contributed by atoms with Crippen LogP contribution in [0.4, 0.5) is 0 Å². The number of ether oxygens (including phenoxy) is 1. The molecule has 27 heavy (non-hydrogen) atoms. The summed E-state index contributed by atoms with van der Waals surface area (Å²) >= 11 is 0. The van der Waals surface area contributed by atoms with E-state index in [1.807, 2.05) is 36.4 Å². The number of hydrogen-bond donors (Lipinski definition) is 1. The van der Waals surface area contributed by atoms with Crippen molar-refractivity contribution in [1.82, 2.24) is 14.8 Å². The molecule has 3 rings (SSSR count). The van der Waals surface area contributed by atoms with Crippen molar-refractivity contribution in [2.75, 3.05) is 6.61 Å². The Morgan fingerprint density at radius 3 is 2.44 bits per heavy atom. The van der Waals surface area contributed by atoms with Gasteiger partial charge in [0.15, 0.2) is 5.82 Å². The molecule has 1 aromatic heterocycles. The van der Waals surface area contributed by atoms with Gasteiger partial charge in [-0.2, -0.15) is 0 Å². The van der Waals surface area contributed by atoms with E-state index in [1.54, 1.807) is 42.1 Å². The van der Waals surface area contributed by atoms with E-state index in [9.17, 15) is 9.90 Å². The lowest BCUT2D eigenvalue weighted by atomic mass is 10.1. The average molecular weight is 361 g/mol. The van der Waals surface area contributed by atoms with Gasteiger partial charge in [-0.05, 0) is 31.2 Å². The van der Waals surface area contributed by atoms with Crippen LogP contribution in [0.1, 0.15) is 18.3 Å². The van der Waals surface area contributed by atoms with Crippen molar-refractivity contribution in [3.8, 4) is 5.69 Å². The predicted octanol–water partition coefficient (Wildman–Crippen LogP) is 3.81. The lowest BCUT2D eigenvalue weighted by molar-refractivity contribution is -0.138. The molecule has 0 aliphatic heterocycles. The molecule has 0 aliphatic carbocycles. The second kappa shape index (κ2) is 8.62. The number of carbonyl (C=O) groups is 1. The fourth-order valence-electron chi connectivity index (χ4n) is 2.48. The van der Waals surface area contributed by atoms with Gasteiger partial charge in [-0.1, -0.05) is 48.5 Å². The number of carbonyl (C=O) groups excluding carboxylic acids is 1. The molecule has 3 aromatic rings. The topological polar surface area (TPSA) is 77.2 Å². The first-order valence-electron chi connectivity index (χ1n) is 8.49. The number of hydrogen-bond acceptors (Lipinski definition) is 5. The van der Waals surface area contributed by atoms with E-state index in [0.717, 1.165) is 5.69 Å². The third-order valence-corrected chi connectivity index (χ3v) is 3.77. The third kappa shape index (κ3) is 4.49. The number of aromatic nitrogens is 3. The zero-order valence-electron chi connectivity index (χ0n) is 14.8. The van der Waals surface area contributed by atoms with E-state index < -0.39 is 5.97 Å². The SMILES string of the molecule is CCOC(=O)C(=C\c1nncn1-c1ccccc1)/C=C(\O)c1ccccc1. The van der Waals surface area contributed by atoms with Crippen molar-refractivity contribution < 1.29 is 14.6 Å². The predicted molar refractivity (Wildman–Crippen MR) is 103 cm³/mol. The van der Waals surface area contributed by atoms with Crippen LogP contribution >= 0.6 is 0 Å². The molecular weight excluding hydrogens is 342 g/mol. The van der Waals surface area contributed by atoms with Crippen LogP contribution in [-0.4, -0.2) is 32.4 Å². The number of benzene rings is 2. The summed E-state index contributed by atoms with van der Waals surface area (Å²) in [4.78, 5) is 12.4. The van der Waals surface area contributed by atoms with Gasteiger partial charge in [0.25, 0.3) is 0 Å². The van der Waals surface area contributed by atoms with Gasteiger partial charge in [0.05, 0.1) is 12.2 Å². The third-order valence-electron chi connectivity index (χ3n) is 3.77. The van der Waals surface area contributed by atoms with Crippen LogP contribution in [0, 0.1) is 0 Å². The Labute approximate surface area is 157 Å². The van der Waals surface area contributed by atoms with E-state index >= 15 is 0 Å². The second-order valence-corrected chi connectivity index (χ2v) is 5.61. The van der Waals surface area contributed by atoms with Crippen molar-refractivity contribution in [2.45, 2.75) is 6.92 Å². The van der Waals surface area contributed by atoms with E-state index in [4.69, 9.17) is 4.74 Å². The summed E-state index contributed by atoms with van der Waals surface area (Å²) in [6.45, 7) is 1.95. The van der Waals surface area contributed by atoms with E-state index in [0.29, 0.717) is 11.4 Å². The maximum absolute atomic E-state index is 12.4. The van der Waals surface area contributed by atoms with Crippen molar-refractivity contribution in [3.63, 3.8) is 0 Å². The highest BCUT2D eigenvalue weighted by atomic mass is 16.5. The number of rotatable bonds is 6. The summed E-state index contributed by atoms with van der Waals surface area (Å²) in [5.74, 6) is -0.148. The van der Waals surface area contributed by atoms with Gasteiger partial charge >= 0.3 is 5.97 Å². The maximum atomic E-state index is 12.4. The minimum atomic E-state index is -0.553. The molecule has 6 nitrogen and oxygen atoms in total. The van der Waals surface area contributed by atoms with Crippen molar-refractivity contribution in [2.24, 2.45) is 0 Å². The molecular formula is C21H19N3O3. The molecule has 1 heterocycles. The van der Waals surface area contributed by atoms with Crippen molar-refractivity contribution in [3.05, 3.63) is 90.0 Å². The van der Waals surface area contributed by atoms with Gasteiger partial charge in [0, 0.05) is 11.3 Å². The Bertz CT molecular complexity index is 961. The fraction of sp³-hybridized carbons (Fsp3) is 0.0952. The molecule has 0 unspecified atom stereocenters. The lowest BCUT2D eigenvalue weighted by Crippen LogP contribution is -2.07. The molecule has 0 radical (unpaired) electrons. The average Bonchev–Trinajstić information content (AvgIpc) is 3.17. The van der Waals surface area contributed by atoms with Crippen LogP contribution < -0.4 is 0 Å². The summed E-state index contributed by atoms with van der Waals surface area (Å²) in [5.41, 5.74) is 1.62. The zero-order chi connectivity index (χ0) is 19.1. The smallest absolute Gasteiger partial charge is 0.338 e. The van der Waals surface area contributed by atoms with E-state index in [-0.39, 0.29) is 17.9 Å². The molecule has 0 saturated carbocycles. The van der Waals surface area contributed by atoms with Gasteiger partial charge in [-0.25, -0.2) is 4.79 Å². The van der Waals surface area contributed by atoms with Gasteiger partial charge in [-0.15, -0.1) is 10.2 Å². The first-order chi connectivity index (χ1) is 13.2. The molecule has 1 N–H and O–H groups in total. The summed E-state index contributed by atoms with van der Waals surface area (Å²) in [7, 11) is 0. The molecule has 6 heteroatoms. The van der Waals surface area contributed by atoms with Gasteiger partial charge < -0.3 is 9.84 Å². The molecule has 0 aliphatic rings. The normalized spacial score (nSPS) is 12.0. The van der Waals surface area contributed by atoms with Crippen LogP contribution in [0.5, 0.6) is 0 Å². The van der Waals surface area contributed by atoms with E-state index in [1.165, 1.54) is 12.2 Å². The first kappa shape index (κ1) is 18.1. The monoisotopic (exact) mass is 361 g/mol. The molecule has 2 aromatic carbocycles. The molecule has 0 fully saturated rings. The van der Waals surface area contributed by atoms with Crippen LogP contribution in [0.15, 0.2) is 78.6 Å². The molecule has 0 bridgehead atoms. The number of esters is 1. The Balaban J connectivity index is 2.02. The molecule has 0 amide bonds. The number of aliphatic hydroxyl groups excluding tert-OH is 1. The van der Waals surface area contributed by atoms with Crippen molar-refractivity contribution in [1.29, 1.82) is 0 Å².